The topological polar surface area (TPSA) is 54.4 Å². The van der Waals surface area contributed by atoms with Gasteiger partial charge in [-0.1, -0.05) is 12.1 Å². The number of aryl methyl sites for hydroxylation is 1. The van der Waals surface area contributed by atoms with Gasteiger partial charge in [0, 0.05) is 24.2 Å². The fraction of sp³-hybridized carbons (Fsp3) is 0.357. The van der Waals surface area contributed by atoms with E-state index in [0.29, 0.717) is 18.7 Å². The molecule has 0 spiro atoms. The molecular weight excluding hydrogens is 298 g/mol. The molecule has 0 saturated carbocycles. The molecule has 1 aromatic carbocycles. The molecule has 1 heterocycles. The molecule has 0 amide bonds. The minimum atomic E-state index is -2.87. The predicted molar refractivity (Wildman–Crippen MR) is 76.6 cm³/mol. The van der Waals surface area contributed by atoms with Crippen LogP contribution in [0, 0.1) is 6.92 Å². The van der Waals surface area contributed by atoms with Gasteiger partial charge < -0.3 is 15.2 Å². The van der Waals surface area contributed by atoms with Crippen molar-refractivity contribution in [3.05, 3.63) is 45.9 Å². The summed E-state index contributed by atoms with van der Waals surface area (Å²) in [5.74, 6) is 0.0390. The lowest BCUT2D eigenvalue weighted by atomic mass is 10.1. The molecule has 0 bridgehead atoms. The zero-order chi connectivity index (χ0) is 15.2. The van der Waals surface area contributed by atoms with Gasteiger partial charge in [0.1, 0.15) is 10.8 Å². The van der Waals surface area contributed by atoms with Crippen LogP contribution in [0.2, 0.25) is 0 Å². The first-order valence-electron chi connectivity index (χ1n) is 6.39. The van der Waals surface area contributed by atoms with Crippen molar-refractivity contribution in [2.45, 2.75) is 26.2 Å². The van der Waals surface area contributed by atoms with Crippen molar-refractivity contribution < 1.29 is 18.6 Å². The van der Waals surface area contributed by atoms with Gasteiger partial charge in [0.15, 0.2) is 0 Å². The molecular formula is C14H16F2N2O2S. The Hall–Kier alpha value is -1.57. The van der Waals surface area contributed by atoms with Gasteiger partial charge in [-0.25, -0.2) is 4.98 Å². The smallest absolute Gasteiger partial charge is 0.387 e. The Kier molecular flexibility index (Phi) is 5.60. The maximum Gasteiger partial charge on any atom is 0.387 e. The first-order chi connectivity index (χ1) is 10.0. The average Bonchev–Trinajstić information content (AvgIpc) is 2.84. The average molecular weight is 314 g/mol. The number of nitrogens with one attached hydrogen (secondary N) is 1. The summed E-state index contributed by atoms with van der Waals surface area (Å²) >= 11 is 1.59. The summed E-state index contributed by atoms with van der Waals surface area (Å²) < 4.78 is 28.6. The molecule has 0 aliphatic heterocycles. The van der Waals surface area contributed by atoms with Crippen LogP contribution in [0.1, 0.15) is 21.6 Å². The highest BCUT2D eigenvalue weighted by Gasteiger charge is 2.10. The summed E-state index contributed by atoms with van der Waals surface area (Å²) in [5.41, 5.74) is 0.524. The van der Waals surface area contributed by atoms with E-state index in [0.717, 1.165) is 9.88 Å². The Morgan fingerprint density at radius 3 is 2.90 bits per heavy atom. The zero-order valence-electron chi connectivity index (χ0n) is 11.4. The molecule has 0 radical (unpaired) electrons. The van der Waals surface area contributed by atoms with E-state index >= 15 is 0 Å². The summed E-state index contributed by atoms with van der Waals surface area (Å²) in [4.78, 5) is 5.33. The number of hydrogen-bond donors (Lipinski definition) is 2. The third-order valence-electron chi connectivity index (χ3n) is 2.75. The first kappa shape index (κ1) is 15.8. The second-order valence-electron chi connectivity index (χ2n) is 4.46. The second kappa shape index (κ2) is 7.44. The molecule has 1 atom stereocenters. The van der Waals surface area contributed by atoms with Crippen molar-refractivity contribution in [3.8, 4) is 5.75 Å². The molecule has 0 aliphatic carbocycles. The number of hydrogen-bond acceptors (Lipinski definition) is 5. The van der Waals surface area contributed by atoms with Crippen LogP contribution >= 0.6 is 11.3 Å². The molecule has 21 heavy (non-hydrogen) atoms. The standard InChI is InChI=1S/C14H16F2N2O2S/c1-9-6-18-13(21-9)8-17-7-12(19)10-3-2-4-11(5-10)20-14(15)16/h2-6,12,14,17,19H,7-8H2,1H3. The van der Waals surface area contributed by atoms with E-state index in [4.69, 9.17) is 0 Å². The number of rotatable bonds is 7. The minimum absolute atomic E-state index is 0.0390. The van der Waals surface area contributed by atoms with Gasteiger partial charge in [-0.05, 0) is 24.6 Å². The number of thiazole rings is 1. The molecule has 0 fully saturated rings. The van der Waals surface area contributed by atoms with Crippen LogP contribution in [0.15, 0.2) is 30.5 Å². The lowest BCUT2D eigenvalue weighted by Crippen LogP contribution is -2.21. The van der Waals surface area contributed by atoms with E-state index in [1.54, 1.807) is 29.7 Å². The summed E-state index contributed by atoms with van der Waals surface area (Å²) in [7, 11) is 0. The number of aromatic nitrogens is 1. The number of aliphatic hydroxyl groups is 1. The quantitative estimate of drug-likeness (QED) is 0.825. The molecule has 114 valence electrons. The molecule has 2 aromatic rings. The van der Waals surface area contributed by atoms with Gasteiger partial charge in [0.05, 0.1) is 6.10 Å². The highest BCUT2D eigenvalue weighted by Crippen LogP contribution is 2.20. The van der Waals surface area contributed by atoms with Crippen molar-refractivity contribution in [1.29, 1.82) is 0 Å². The Bertz CT molecular complexity index is 578. The number of aliphatic hydroxyl groups excluding tert-OH is 1. The van der Waals surface area contributed by atoms with Crippen molar-refractivity contribution in [3.63, 3.8) is 0 Å². The molecule has 2 N–H and O–H groups in total. The Morgan fingerprint density at radius 1 is 1.43 bits per heavy atom. The number of alkyl halides is 2. The molecule has 4 nitrogen and oxygen atoms in total. The number of nitrogens with zero attached hydrogens (tertiary/aromatic N) is 1. The Morgan fingerprint density at radius 2 is 2.24 bits per heavy atom. The van der Waals surface area contributed by atoms with E-state index < -0.39 is 12.7 Å². The Labute approximate surface area is 125 Å². The van der Waals surface area contributed by atoms with Crippen LogP contribution in [0.25, 0.3) is 0 Å². The highest BCUT2D eigenvalue weighted by molar-refractivity contribution is 7.11. The summed E-state index contributed by atoms with van der Waals surface area (Å²) in [6.07, 6.45) is 0.996. The van der Waals surface area contributed by atoms with Crippen LogP contribution in [-0.2, 0) is 6.54 Å². The third kappa shape index (κ3) is 5.04. The van der Waals surface area contributed by atoms with Crippen LogP contribution in [0.5, 0.6) is 5.75 Å². The normalized spacial score (nSPS) is 12.6. The second-order valence-corrected chi connectivity index (χ2v) is 5.78. The van der Waals surface area contributed by atoms with Crippen LogP contribution in [-0.4, -0.2) is 23.2 Å². The van der Waals surface area contributed by atoms with Gasteiger partial charge in [0.2, 0.25) is 0 Å². The largest absolute Gasteiger partial charge is 0.435 e. The Balaban J connectivity index is 1.86. The van der Waals surface area contributed by atoms with Crippen LogP contribution in [0.3, 0.4) is 0 Å². The number of halogens is 2. The van der Waals surface area contributed by atoms with Crippen molar-refractivity contribution in [2.24, 2.45) is 0 Å². The number of ether oxygens (including phenoxy) is 1. The van der Waals surface area contributed by atoms with Gasteiger partial charge in [-0.3, -0.25) is 0 Å². The summed E-state index contributed by atoms with van der Waals surface area (Å²) in [5, 5.41) is 14.1. The fourth-order valence-electron chi connectivity index (χ4n) is 1.81. The third-order valence-corrected chi connectivity index (χ3v) is 3.66. The van der Waals surface area contributed by atoms with Gasteiger partial charge >= 0.3 is 6.61 Å². The van der Waals surface area contributed by atoms with E-state index in [-0.39, 0.29) is 5.75 Å². The van der Waals surface area contributed by atoms with Gasteiger partial charge in [-0.15, -0.1) is 11.3 Å². The summed E-state index contributed by atoms with van der Waals surface area (Å²) in [6.45, 7) is -0.0342. The molecule has 0 aliphatic rings. The van der Waals surface area contributed by atoms with E-state index in [2.05, 4.69) is 15.0 Å². The van der Waals surface area contributed by atoms with E-state index in [1.165, 1.54) is 12.1 Å². The fourth-order valence-corrected chi connectivity index (χ4v) is 2.57. The van der Waals surface area contributed by atoms with Crippen LogP contribution < -0.4 is 10.1 Å². The van der Waals surface area contributed by atoms with E-state index in [1.807, 2.05) is 6.92 Å². The highest BCUT2D eigenvalue weighted by atomic mass is 32.1. The molecule has 1 unspecified atom stereocenters. The predicted octanol–water partition coefficient (Wildman–Crippen LogP) is 2.88. The minimum Gasteiger partial charge on any atom is -0.435 e. The van der Waals surface area contributed by atoms with Gasteiger partial charge in [-0.2, -0.15) is 8.78 Å². The monoisotopic (exact) mass is 314 g/mol. The summed E-state index contributed by atoms with van der Waals surface area (Å²) in [6, 6.07) is 6.07. The molecule has 7 heteroatoms. The first-order valence-corrected chi connectivity index (χ1v) is 7.21. The zero-order valence-corrected chi connectivity index (χ0v) is 12.2. The maximum absolute atomic E-state index is 12.1. The lowest BCUT2D eigenvalue weighted by Gasteiger charge is -2.13. The maximum atomic E-state index is 12.1. The molecule has 0 saturated heterocycles. The van der Waals surface area contributed by atoms with Crippen molar-refractivity contribution >= 4 is 11.3 Å². The van der Waals surface area contributed by atoms with Crippen LogP contribution in [0.4, 0.5) is 8.78 Å². The van der Waals surface area contributed by atoms with Gasteiger partial charge in [0.25, 0.3) is 0 Å². The number of benzene rings is 1. The lowest BCUT2D eigenvalue weighted by molar-refractivity contribution is -0.0499. The SMILES string of the molecule is Cc1cnc(CNCC(O)c2cccc(OC(F)F)c2)s1. The van der Waals surface area contributed by atoms with Crippen molar-refractivity contribution in [1.82, 2.24) is 10.3 Å². The molecule has 1 aromatic heterocycles. The van der Waals surface area contributed by atoms with E-state index in [9.17, 15) is 13.9 Å². The molecule has 2 rings (SSSR count). The van der Waals surface area contributed by atoms with Crippen molar-refractivity contribution in [2.75, 3.05) is 6.54 Å².